The van der Waals surface area contributed by atoms with Crippen LogP contribution >= 0.6 is 0 Å². The highest BCUT2D eigenvalue weighted by Crippen LogP contribution is 2.25. The van der Waals surface area contributed by atoms with Gasteiger partial charge in [0.1, 0.15) is 17.0 Å². The first-order valence-corrected chi connectivity index (χ1v) is 7.77. The van der Waals surface area contributed by atoms with Crippen LogP contribution < -0.4 is 9.47 Å². The first kappa shape index (κ1) is 15.1. The molecular formula is C19H15N3O3. The molecule has 6 nitrogen and oxygen atoms in total. The van der Waals surface area contributed by atoms with Gasteiger partial charge in [-0.15, -0.1) is 10.2 Å². The third kappa shape index (κ3) is 3.14. The van der Waals surface area contributed by atoms with Gasteiger partial charge in [0.15, 0.2) is 6.61 Å². The molecule has 2 aromatic heterocycles. The third-order valence-corrected chi connectivity index (χ3v) is 3.75. The number of fused-ring (bicyclic) bond motifs is 1. The van der Waals surface area contributed by atoms with E-state index in [2.05, 4.69) is 15.2 Å². The molecule has 0 saturated heterocycles. The van der Waals surface area contributed by atoms with Crippen LogP contribution in [0.1, 0.15) is 5.89 Å². The maximum absolute atomic E-state index is 5.81. The smallest absolute Gasteiger partial charge is 0.254 e. The van der Waals surface area contributed by atoms with Crippen molar-refractivity contribution in [1.29, 1.82) is 0 Å². The number of methoxy groups -OCH3 is 1. The van der Waals surface area contributed by atoms with Gasteiger partial charge in [-0.2, -0.15) is 0 Å². The minimum atomic E-state index is 0.179. The molecule has 25 heavy (non-hydrogen) atoms. The van der Waals surface area contributed by atoms with Crippen molar-refractivity contribution in [3.63, 3.8) is 0 Å². The maximum Gasteiger partial charge on any atom is 0.254 e. The standard InChI is InChI=1S/C19H15N3O3/c1-23-15-9-7-14(8-10-15)19-22-21-17(25-19)12-24-16-6-2-4-13-5-3-11-20-18(13)16/h2-11H,12H2,1H3. The lowest BCUT2D eigenvalue weighted by Gasteiger charge is -2.06. The molecule has 4 rings (SSSR count). The lowest BCUT2D eigenvalue weighted by Crippen LogP contribution is -1.97. The molecule has 0 spiro atoms. The van der Waals surface area contributed by atoms with Crippen molar-refractivity contribution in [2.45, 2.75) is 6.61 Å². The van der Waals surface area contributed by atoms with Crippen LogP contribution in [0.5, 0.6) is 11.5 Å². The summed E-state index contributed by atoms with van der Waals surface area (Å²) in [6.07, 6.45) is 1.74. The van der Waals surface area contributed by atoms with Crippen LogP contribution in [0.4, 0.5) is 0 Å². The summed E-state index contributed by atoms with van der Waals surface area (Å²) in [4.78, 5) is 4.36. The maximum atomic E-state index is 5.81. The Kier molecular flexibility index (Phi) is 4.00. The highest BCUT2D eigenvalue weighted by Gasteiger charge is 2.10. The van der Waals surface area contributed by atoms with E-state index in [0.29, 0.717) is 17.5 Å². The van der Waals surface area contributed by atoms with E-state index in [0.717, 1.165) is 22.2 Å². The molecule has 0 saturated carbocycles. The van der Waals surface area contributed by atoms with Crippen molar-refractivity contribution in [3.05, 3.63) is 66.7 Å². The second kappa shape index (κ2) is 6.60. The van der Waals surface area contributed by atoms with Crippen molar-refractivity contribution < 1.29 is 13.9 Å². The first-order valence-electron chi connectivity index (χ1n) is 7.77. The number of hydrogen-bond donors (Lipinski definition) is 0. The molecule has 0 radical (unpaired) electrons. The topological polar surface area (TPSA) is 70.3 Å². The molecule has 2 aromatic carbocycles. The predicted molar refractivity (Wildman–Crippen MR) is 92.4 cm³/mol. The van der Waals surface area contributed by atoms with Crippen LogP contribution in [0.2, 0.25) is 0 Å². The summed E-state index contributed by atoms with van der Waals surface area (Å²) in [5.41, 5.74) is 1.63. The Morgan fingerprint density at radius 3 is 2.64 bits per heavy atom. The Balaban J connectivity index is 1.51. The highest BCUT2D eigenvalue weighted by molar-refractivity contribution is 5.84. The third-order valence-electron chi connectivity index (χ3n) is 3.75. The second-order valence-electron chi connectivity index (χ2n) is 5.35. The van der Waals surface area contributed by atoms with Crippen LogP contribution in [0.25, 0.3) is 22.4 Å². The molecule has 0 unspecified atom stereocenters. The molecule has 0 aliphatic heterocycles. The molecule has 124 valence electrons. The quantitative estimate of drug-likeness (QED) is 0.552. The molecule has 6 heteroatoms. The van der Waals surface area contributed by atoms with Crippen molar-refractivity contribution >= 4 is 10.9 Å². The largest absolute Gasteiger partial charge is 0.497 e. The molecule has 4 aromatic rings. The molecule has 2 heterocycles. The minimum Gasteiger partial charge on any atom is -0.497 e. The van der Waals surface area contributed by atoms with Gasteiger partial charge in [-0.3, -0.25) is 4.98 Å². The lowest BCUT2D eigenvalue weighted by molar-refractivity contribution is 0.267. The van der Waals surface area contributed by atoms with Crippen molar-refractivity contribution in [2.24, 2.45) is 0 Å². The van der Waals surface area contributed by atoms with Gasteiger partial charge in [0.05, 0.1) is 7.11 Å². The van der Waals surface area contributed by atoms with Gasteiger partial charge >= 0.3 is 0 Å². The molecule has 0 fully saturated rings. The number of para-hydroxylation sites is 1. The summed E-state index contributed by atoms with van der Waals surface area (Å²) in [5.74, 6) is 2.30. The molecule has 0 N–H and O–H groups in total. The van der Waals surface area contributed by atoms with Gasteiger partial charge in [-0.25, -0.2) is 0 Å². The number of benzene rings is 2. The summed E-state index contributed by atoms with van der Waals surface area (Å²) >= 11 is 0. The number of pyridine rings is 1. The number of hydrogen-bond acceptors (Lipinski definition) is 6. The van der Waals surface area contributed by atoms with Crippen LogP contribution in [-0.2, 0) is 6.61 Å². The Hall–Kier alpha value is -3.41. The molecule has 0 aliphatic rings. The zero-order chi connectivity index (χ0) is 17.1. The number of ether oxygens (including phenoxy) is 2. The van der Waals surface area contributed by atoms with E-state index in [9.17, 15) is 0 Å². The van der Waals surface area contributed by atoms with Crippen LogP contribution in [0.15, 0.2) is 65.2 Å². The fourth-order valence-corrected chi connectivity index (χ4v) is 2.49. The molecule has 0 aliphatic carbocycles. The summed E-state index contributed by atoms with van der Waals surface area (Å²) in [7, 11) is 1.62. The van der Waals surface area contributed by atoms with Gasteiger partial charge in [0.25, 0.3) is 5.89 Å². The Morgan fingerprint density at radius 1 is 0.960 bits per heavy atom. The predicted octanol–water partition coefficient (Wildman–Crippen LogP) is 3.87. The zero-order valence-electron chi connectivity index (χ0n) is 13.5. The van der Waals surface area contributed by atoms with Crippen molar-refractivity contribution in [3.8, 4) is 23.0 Å². The van der Waals surface area contributed by atoms with Crippen molar-refractivity contribution in [1.82, 2.24) is 15.2 Å². The fraction of sp³-hybridized carbons (Fsp3) is 0.105. The summed E-state index contributed by atoms with van der Waals surface area (Å²) < 4.78 is 16.6. The average Bonchev–Trinajstić information content (AvgIpc) is 3.15. The first-order chi connectivity index (χ1) is 12.3. The van der Waals surface area contributed by atoms with E-state index >= 15 is 0 Å². The van der Waals surface area contributed by atoms with E-state index in [-0.39, 0.29) is 6.61 Å². The highest BCUT2D eigenvalue weighted by atomic mass is 16.5. The number of aromatic nitrogens is 3. The minimum absolute atomic E-state index is 0.179. The molecule has 0 bridgehead atoms. The van der Waals surface area contributed by atoms with Gasteiger partial charge in [0, 0.05) is 17.1 Å². The fourth-order valence-electron chi connectivity index (χ4n) is 2.49. The van der Waals surface area contributed by atoms with Gasteiger partial charge in [0.2, 0.25) is 5.89 Å². The zero-order valence-corrected chi connectivity index (χ0v) is 13.5. The molecular weight excluding hydrogens is 318 g/mol. The summed E-state index contributed by atoms with van der Waals surface area (Å²) in [6, 6.07) is 17.1. The van der Waals surface area contributed by atoms with Gasteiger partial charge < -0.3 is 13.9 Å². The van der Waals surface area contributed by atoms with Gasteiger partial charge in [-0.1, -0.05) is 18.2 Å². The summed E-state index contributed by atoms with van der Waals surface area (Å²) in [6.45, 7) is 0.179. The van der Waals surface area contributed by atoms with E-state index in [1.807, 2.05) is 54.6 Å². The van der Waals surface area contributed by atoms with Crippen molar-refractivity contribution in [2.75, 3.05) is 7.11 Å². The molecule has 0 atom stereocenters. The Bertz CT molecular complexity index is 991. The summed E-state index contributed by atoms with van der Waals surface area (Å²) in [5, 5.41) is 9.12. The lowest BCUT2D eigenvalue weighted by atomic mass is 10.2. The van der Waals surface area contributed by atoms with E-state index in [1.54, 1.807) is 13.3 Å². The van der Waals surface area contributed by atoms with Crippen LogP contribution in [0.3, 0.4) is 0 Å². The number of rotatable bonds is 5. The van der Waals surface area contributed by atoms with Gasteiger partial charge in [-0.05, 0) is 36.4 Å². The number of nitrogens with zero attached hydrogens (tertiary/aromatic N) is 3. The van der Waals surface area contributed by atoms with Crippen LogP contribution in [-0.4, -0.2) is 22.3 Å². The van der Waals surface area contributed by atoms with E-state index in [1.165, 1.54) is 0 Å². The Morgan fingerprint density at radius 2 is 1.80 bits per heavy atom. The Labute approximate surface area is 144 Å². The second-order valence-corrected chi connectivity index (χ2v) is 5.35. The monoisotopic (exact) mass is 333 g/mol. The van der Waals surface area contributed by atoms with E-state index in [4.69, 9.17) is 13.9 Å². The van der Waals surface area contributed by atoms with E-state index < -0.39 is 0 Å². The van der Waals surface area contributed by atoms with Crippen LogP contribution in [0, 0.1) is 0 Å². The average molecular weight is 333 g/mol. The normalized spacial score (nSPS) is 10.8. The molecule has 0 amide bonds. The SMILES string of the molecule is COc1ccc(-c2nnc(COc3cccc4cccnc34)o2)cc1.